The van der Waals surface area contributed by atoms with E-state index in [1.807, 2.05) is 0 Å². The fourth-order valence-electron chi connectivity index (χ4n) is 1.59. The summed E-state index contributed by atoms with van der Waals surface area (Å²) in [6.07, 6.45) is 10.0. The predicted molar refractivity (Wildman–Crippen MR) is 75.6 cm³/mol. The summed E-state index contributed by atoms with van der Waals surface area (Å²) in [4.78, 5) is 0. The van der Waals surface area contributed by atoms with Gasteiger partial charge in [-0.25, -0.2) is 0 Å². The zero-order valence-electron chi connectivity index (χ0n) is 12.3. The Morgan fingerprint density at radius 1 is 0.750 bits per heavy atom. The molecule has 0 saturated heterocycles. The molecule has 0 aromatic rings. The molecule has 0 heterocycles. The maximum absolute atomic E-state index is 2.38. The molecule has 0 amide bonds. The van der Waals surface area contributed by atoms with Crippen LogP contribution < -0.4 is 0 Å². The molecule has 16 heavy (non-hydrogen) atoms. The summed E-state index contributed by atoms with van der Waals surface area (Å²) in [7, 11) is 0. The van der Waals surface area contributed by atoms with E-state index in [1.165, 1.54) is 25.7 Å². The second-order valence-electron chi connectivity index (χ2n) is 6.08. The van der Waals surface area contributed by atoms with Gasteiger partial charge in [-0.15, -0.1) is 0 Å². The topological polar surface area (TPSA) is 0 Å². The highest BCUT2D eigenvalue weighted by molar-refractivity contribution is 4.83. The minimum absolute atomic E-state index is 0.811. The molecule has 0 saturated carbocycles. The van der Waals surface area contributed by atoms with E-state index < -0.39 is 0 Å². The molecule has 2 atom stereocenters. The van der Waals surface area contributed by atoms with Crippen LogP contribution in [0, 0.1) is 23.7 Å². The number of hydrogen-bond donors (Lipinski definition) is 0. The van der Waals surface area contributed by atoms with Gasteiger partial charge in [0.1, 0.15) is 0 Å². The molecule has 2 unspecified atom stereocenters. The largest absolute Gasteiger partial charge is 0.0885 e. The van der Waals surface area contributed by atoms with Crippen molar-refractivity contribution < 1.29 is 0 Å². The molecule has 0 fully saturated rings. The number of hydrogen-bond acceptors (Lipinski definition) is 0. The van der Waals surface area contributed by atoms with Crippen molar-refractivity contribution in [2.45, 2.75) is 67.2 Å². The lowest BCUT2D eigenvalue weighted by atomic mass is 9.92. The number of rotatable bonds is 8. The third-order valence-corrected chi connectivity index (χ3v) is 3.98. The predicted octanol–water partition coefficient (Wildman–Crippen LogP) is 5.69. The van der Waals surface area contributed by atoms with Crippen molar-refractivity contribution in [3.8, 4) is 0 Å². The molecule has 0 spiro atoms. The lowest BCUT2D eigenvalue weighted by Crippen LogP contribution is -2.03. The zero-order chi connectivity index (χ0) is 12.6. The van der Waals surface area contributed by atoms with Gasteiger partial charge in [0.2, 0.25) is 0 Å². The van der Waals surface area contributed by atoms with Crippen LogP contribution in [0.2, 0.25) is 0 Å². The Labute approximate surface area is 104 Å². The summed E-state index contributed by atoms with van der Waals surface area (Å²) in [5, 5.41) is 0. The smallest absolute Gasteiger partial charge is 0.0322 e. The van der Waals surface area contributed by atoms with E-state index in [0.717, 1.165) is 23.7 Å². The first-order valence-corrected chi connectivity index (χ1v) is 7.10. The van der Waals surface area contributed by atoms with Crippen LogP contribution in [0.4, 0.5) is 0 Å². The SMILES string of the molecule is CC(C)C(C)CC=CCCCC(C)C(C)C. The van der Waals surface area contributed by atoms with Crippen molar-refractivity contribution in [1.82, 2.24) is 0 Å². The Morgan fingerprint density at radius 3 is 1.81 bits per heavy atom. The molecule has 0 bridgehead atoms. The van der Waals surface area contributed by atoms with Gasteiger partial charge in [-0.3, -0.25) is 0 Å². The molecule has 0 aliphatic carbocycles. The molecule has 0 aromatic carbocycles. The average molecular weight is 224 g/mol. The molecule has 0 heteroatoms. The van der Waals surface area contributed by atoms with Gasteiger partial charge in [0, 0.05) is 0 Å². The van der Waals surface area contributed by atoms with Gasteiger partial charge < -0.3 is 0 Å². The van der Waals surface area contributed by atoms with E-state index in [1.54, 1.807) is 0 Å². The van der Waals surface area contributed by atoms with Gasteiger partial charge in [-0.05, 0) is 42.9 Å². The van der Waals surface area contributed by atoms with E-state index >= 15 is 0 Å². The van der Waals surface area contributed by atoms with Crippen molar-refractivity contribution in [3.63, 3.8) is 0 Å². The molecule has 0 aliphatic rings. The standard InChI is InChI=1S/C16H32/c1-13(2)15(5)11-9-7-8-10-12-16(6)14(3)4/h7,9,13-16H,8,10-12H2,1-6H3. The van der Waals surface area contributed by atoms with Gasteiger partial charge in [0.15, 0.2) is 0 Å². The molecular weight excluding hydrogens is 192 g/mol. The van der Waals surface area contributed by atoms with Crippen LogP contribution in [0.1, 0.15) is 67.2 Å². The Kier molecular flexibility index (Phi) is 8.70. The van der Waals surface area contributed by atoms with E-state index in [0.29, 0.717) is 0 Å². The molecule has 0 nitrogen and oxygen atoms in total. The lowest BCUT2D eigenvalue weighted by molar-refractivity contribution is 0.383. The number of allylic oxidation sites excluding steroid dienone is 2. The fraction of sp³-hybridized carbons (Fsp3) is 0.875. The highest BCUT2D eigenvalue weighted by Crippen LogP contribution is 2.18. The van der Waals surface area contributed by atoms with Crippen LogP contribution in [0.5, 0.6) is 0 Å². The van der Waals surface area contributed by atoms with Crippen molar-refractivity contribution >= 4 is 0 Å². The number of unbranched alkanes of at least 4 members (excludes halogenated alkanes) is 1. The monoisotopic (exact) mass is 224 g/mol. The summed E-state index contributed by atoms with van der Waals surface area (Å²) in [6.45, 7) is 14.0. The first-order valence-electron chi connectivity index (χ1n) is 7.10. The third-order valence-electron chi connectivity index (χ3n) is 3.98. The lowest BCUT2D eigenvalue weighted by Gasteiger charge is -2.14. The molecule has 0 aliphatic heterocycles. The maximum Gasteiger partial charge on any atom is -0.0322 e. The van der Waals surface area contributed by atoms with Crippen molar-refractivity contribution in [3.05, 3.63) is 12.2 Å². The zero-order valence-corrected chi connectivity index (χ0v) is 12.3. The first-order chi connectivity index (χ1) is 7.45. The first kappa shape index (κ1) is 15.7. The van der Waals surface area contributed by atoms with Crippen LogP contribution in [0.3, 0.4) is 0 Å². The highest BCUT2D eigenvalue weighted by Gasteiger charge is 2.05. The third kappa shape index (κ3) is 7.96. The van der Waals surface area contributed by atoms with E-state index in [-0.39, 0.29) is 0 Å². The molecule has 96 valence electrons. The molecular formula is C16H32. The van der Waals surface area contributed by atoms with Gasteiger partial charge in [0.05, 0.1) is 0 Å². The second kappa shape index (κ2) is 8.84. The van der Waals surface area contributed by atoms with Crippen LogP contribution in [-0.4, -0.2) is 0 Å². The summed E-state index contributed by atoms with van der Waals surface area (Å²) in [5.41, 5.74) is 0. The molecule has 0 radical (unpaired) electrons. The average Bonchev–Trinajstić information content (AvgIpc) is 2.21. The van der Waals surface area contributed by atoms with Crippen LogP contribution in [0.15, 0.2) is 12.2 Å². The normalized spacial score (nSPS) is 16.2. The Hall–Kier alpha value is -0.260. The maximum atomic E-state index is 2.38. The summed E-state index contributed by atoms with van der Waals surface area (Å²) in [6, 6.07) is 0. The van der Waals surface area contributed by atoms with Crippen molar-refractivity contribution in [1.29, 1.82) is 0 Å². The van der Waals surface area contributed by atoms with Gasteiger partial charge >= 0.3 is 0 Å². The van der Waals surface area contributed by atoms with Gasteiger partial charge in [-0.2, -0.15) is 0 Å². The Bertz CT molecular complexity index is 176. The van der Waals surface area contributed by atoms with Gasteiger partial charge in [-0.1, -0.05) is 60.1 Å². The molecule has 0 aromatic heterocycles. The van der Waals surface area contributed by atoms with Gasteiger partial charge in [0.25, 0.3) is 0 Å². The van der Waals surface area contributed by atoms with Crippen molar-refractivity contribution in [2.24, 2.45) is 23.7 Å². The fourth-order valence-corrected chi connectivity index (χ4v) is 1.59. The minimum atomic E-state index is 0.811. The quantitative estimate of drug-likeness (QED) is 0.367. The Morgan fingerprint density at radius 2 is 1.31 bits per heavy atom. The van der Waals surface area contributed by atoms with Crippen LogP contribution in [0.25, 0.3) is 0 Å². The van der Waals surface area contributed by atoms with Crippen LogP contribution >= 0.6 is 0 Å². The molecule has 0 N–H and O–H groups in total. The molecule has 0 rings (SSSR count). The van der Waals surface area contributed by atoms with E-state index in [2.05, 4.69) is 53.7 Å². The van der Waals surface area contributed by atoms with E-state index in [4.69, 9.17) is 0 Å². The van der Waals surface area contributed by atoms with Crippen molar-refractivity contribution in [2.75, 3.05) is 0 Å². The Balaban J connectivity index is 3.48. The van der Waals surface area contributed by atoms with Crippen LogP contribution in [-0.2, 0) is 0 Å². The summed E-state index contributed by atoms with van der Waals surface area (Å²) >= 11 is 0. The summed E-state index contributed by atoms with van der Waals surface area (Å²) in [5.74, 6) is 3.35. The second-order valence-corrected chi connectivity index (χ2v) is 6.08. The highest BCUT2D eigenvalue weighted by atomic mass is 14.1. The summed E-state index contributed by atoms with van der Waals surface area (Å²) < 4.78 is 0. The minimum Gasteiger partial charge on any atom is -0.0885 e. The van der Waals surface area contributed by atoms with E-state index in [9.17, 15) is 0 Å².